The first-order valence-corrected chi connectivity index (χ1v) is 5.67. The monoisotopic (exact) mass is 265 g/mol. The quantitative estimate of drug-likeness (QED) is 0.659. The smallest absolute Gasteiger partial charge is 0.327 e. The molecule has 1 N–H and O–H groups in total. The zero-order chi connectivity index (χ0) is 13.8. The first kappa shape index (κ1) is 12.9. The Morgan fingerprint density at radius 2 is 2.32 bits per heavy atom. The molecular formula is C11H12FN5O2. The molecule has 100 valence electrons. The highest BCUT2D eigenvalue weighted by Crippen LogP contribution is 2.27. The van der Waals surface area contributed by atoms with Gasteiger partial charge in [-0.25, -0.2) is 0 Å². The summed E-state index contributed by atoms with van der Waals surface area (Å²) < 4.78 is 15.2. The number of anilines is 1. The lowest BCUT2D eigenvalue weighted by Gasteiger charge is -2.07. The molecule has 7 nitrogen and oxygen atoms in total. The average molecular weight is 265 g/mol. The molecule has 0 radical (unpaired) electrons. The summed E-state index contributed by atoms with van der Waals surface area (Å²) >= 11 is 0. The van der Waals surface area contributed by atoms with E-state index in [2.05, 4.69) is 15.5 Å². The normalized spacial score (nSPS) is 10.4. The van der Waals surface area contributed by atoms with E-state index >= 15 is 0 Å². The predicted octanol–water partition coefficient (Wildman–Crippen LogP) is 1.96. The van der Waals surface area contributed by atoms with Crippen molar-refractivity contribution in [1.29, 1.82) is 0 Å². The molecular weight excluding hydrogens is 253 g/mol. The molecule has 0 fully saturated rings. The zero-order valence-electron chi connectivity index (χ0n) is 10.2. The third kappa shape index (κ3) is 2.67. The van der Waals surface area contributed by atoms with Gasteiger partial charge < -0.3 is 9.88 Å². The highest BCUT2D eigenvalue weighted by molar-refractivity contribution is 5.61. The van der Waals surface area contributed by atoms with Crippen LogP contribution in [-0.4, -0.2) is 19.7 Å². The molecule has 0 aliphatic rings. The minimum absolute atomic E-state index is 0.121. The molecule has 1 heterocycles. The van der Waals surface area contributed by atoms with Crippen LogP contribution in [0.5, 0.6) is 0 Å². The van der Waals surface area contributed by atoms with E-state index in [-0.39, 0.29) is 12.2 Å². The zero-order valence-corrected chi connectivity index (χ0v) is 10.2. The third-order valence-corrected chi connectivity index (χ3v) is 2.64. The highest BCUT2D eigenvalue weighted by Gasteiger charge is 2.19. The van der Waals surface area contributed by atoms with Gasteiger partial charge in [0.2, 0.25) is 5.82 Å². The number of nitro benzene ring substituents is 1. The van der Waals surface area contributed by atoms with Crippen LogP contribution in [0.25, 0.3) is 0 Å². The van der Waals surface area contributed by atoms with Crippen LogP contribution in [0.15, 0.2) is 24.5 Å². The van der Waals surface area contributed by atoms with Crippen molar-refractivity contribution in [1.82, 2.24) is 14.8 Å². The largest absolute Gasteiger partial charge is 0.372 e. The van der Waals surface area contributed by atoms with Crippen molar-refractivity contribution in [2.45, 2.75) is 20.0 Å². The van der Waals surface area contributed by atoms with Crippen LogP contribution < -0.4 is 5.32 Å². The summed E-state index contributed by atoms with van der Waals surface area (Å²) in [6.45, 7) is 2.85. The van der Waals surface area contributed by atoms with Gasteiger partial charge in [-0.05, 0) is 19.1 Å². The number of nitro groups is 1. The second kappa shape index (κ2) is 5.42. The Labute approximate surface area is 108 Å². The lowest BCUT2D eigenvalue weighted by atomic mass is 10.2. The number of benzene rings is 1. The van der Waals surface area contributed by atoms with Gasteiger partial charge in [-0.2, -0.15) is 4.39 Å². The van der Waals surface area contributed by atoms with E-state index in [1.807, 2.05) is 6.92 Å². The Hall–Kier alpha value is -2.51. The second-order valence-electron chi connectivity index (χ2n) is 3.78. The maximum atomic E-state index is 13.4. The Kier molecular flexibility index (Phi) is 3.69. The van der Waals surface area contributed by atoms with Gasteiger partial charge in [0.25, 0.3) is 0 Å². The fourth-order valence-corrected chi connectivity index (χ4v) is 1.70. The lowest BCUT2D eigenvalue weighted by Crippen LogP contribution is -2.09. The van der Waals surface area contributed by atoms with E-state index in [9.17, 15) is 14.5 Å². The van der Waals surface area contributed by atoms with Gasteiger partial charge in [-0.1, -0.05) is 6.07 Å². The van der Waals surface area contributed by atoms with Crippen LogP contribution in [0.2, 0.25) is 0 Å². The number of aromatic nitrogens is 3. The van der Waals surface area contributed by atoms with Gasteiger partial charge >= 0.3 is 5.69 Å². The molecule has 1 aromatic heterocycles. The predicted molar refractivity (Wildman–Crippen MR) is 66.1 cm³/mol. The van der Waals surface area contributed by atoms with Crippen molar-refractivity contribution in [3.8, 4) is 0 Å². The first-order chi connectivity index (χ1) is 9.13. The molecule has 0 amide bonds. The van der Waals surface area contributed by atoms with Crippen LogP contribution in [0, 0.1) is 15.9 Å². The minimum Gasteiger partial charge on any atom is -0.372 e. The van der Waals surface area contributed by atoms with Crippen molar-refractivity contribution in [2.75, 3.05) is 5.32 Å². The number of halogens is 1. The van der Waals surface area contributed by atoms with Crippen LogP contribution in [0.1, 0.15) is 12.7 Å². The summed E-state index contributed by atoms with van der Waals surface area (Å²) in [5.74, 6) is -0.243. The SMILES string of the molecule is CCn1cnnc1CNc1cccc(F)c1[N+](=O)[O-]. The highest BCUT2D eigenvalue weighted by atomic mass is 19.1. The van der Waals surface area contributed by atoms with Crippen molar-refractivity contribution >= 4 is 11.4 Å². The molecule has 8 heteroatoms. The van der Waals surface area contributed by atoms with Crippen LogP contribution in [0.3, 0.4) is 0 Å². The van der Waals surface area contributed by atoms with Gasteiger partial charge in [-0.3, -0.25) is 10.1 Å². The van der Waals surface area contributed by atoms with Crippen molar-refractivity contribution < 1.29 is 9.31 Å². The summed E-state index contributed by atoms with van der Waals surface area (Å²) in [7, 11) is 0. The molecule has 0 bridgehead atoms. The Bertz CT molecular complexity index is 599. The number of para-hydroxylation sites is 1. The van der Waals surface area contributed by atoms with E-state index in [0.29, 0.717) is 12.4 Å². The Balaban J connectivity index is 2.20. The number of nitrogens with zero attached hydrogens (tertiary/aromatic N) is 4. The van der Waals surface area contributed by atoms with Crippen molar-refractivity contribution in [3.05, 3.63) is 46.3 Å². The molecule has 0 atom stereocenters. The Morgan fingerprint density at radius 1 is 1.53 bits per heavy atom. The summed E-state index contributed by atoms with van der Waals surface area (Å²) in [5, 5.41) is 21.3. The molecule has 0 unspecified atom stereocenters. The van der Waals surface area contributed by atoms with Gasteiger partial charge in [0.15, 0.2) is 5.82 Å². The molecule has 2 aromatic rings. The van der Waals surface area contributed by atoms with Crippen LogP contribution >= 0.6 is 0 Å². The number of rotatable bonds is 5. The van der Waals surface area contributed by atoms with Crippen molar-refractivity contribution in [2.24, 2.45) is 0 Å². The van der Waals surface area contributed by atoms with Gasteiger partial charge in [-0.15, -0.1) is 10.2 Å². The maximum Gasteiger partial charge on any atom is 0.327 e. The van der Waals surface area contributed by atoms with Crippen LogP contribution in [-0.2, 0) is 13.1 Å². The van der Waals surface area contributed by atoms with E-state index in [0.717, 1.165) is 6.07 Å². The standard InChI is InChI=1S/C11H12FN5O2/c1-2-16-7-14-15-10(16)6-13-9-5-3-4-8(12)11(9)17(18)19/h3-5,7,13H,2,6H2,1H3. The molecule has 0 saturated carbocycles. The summed E-state index contributed by atoms with van der Waals surface area (Å²) in [5.41, 5.74) is -0.444. The summed E-state index contributed by atoms with van der Waals surface area (Å²) in [6, 6.07) is 3.92. The second-order valence-corrected chi connectivity index (χ2v) is 3.78. The van der Waals surface area contributed by atoms with Crippen molar-refractivity contribution in [3.63, 3.8) is 0 Å². The van der Waals surface area contributed by atoms with Gasteiger partial charge in [0, 0.05) is 6.54 Å². The van der Waals surface area contributed by atoms with Gasteiger partial charge in [0.1, 0.15) is 12.0 Å². The van der Waals surface area contributed by atoms with Crippen LogP contribution in [0.4, 0.5) is 15.8 Å². The maximum absolute atomic E-state index is 13.4. The van der Waals surface area contributed by atoms with E-state index < -0.39 is 16.4 Å². The summed E-state index contributed by atoms with van der Waals surface area (Å²) in [6.07, 6.45) is 1.57. The number of hydrogen-bond acceptors (Lipinski definition) is 5. The number of hydrogen-bond donors (Lipinski definition) is 1. The molecule has 0 aliphatic carbocycles. The molecule has 2 rings (SSSR count). The molecule has 0 aliphatic heterocycles. The fourth-order valence-electron chi connectivity index (χ4n) is 1.70. The fraction of sp³-hybridized carbons (Fsp3) is 0.273. The molecule has 1 aromatic carbocycles. The van der Waals surface area contributed by atoms with E-state index in [1.54, 1.807) is 10.9 Å². The topological polar surface area (TPSA) is 85.9 Å². The minimum atomic E-state index is -0.869. The number of nitrogens with one attached hydrogen (secondary N) is 1. The molecule has 0 spiro atoms. The first-order valence-electron chi connectivity index (χ1n) is 5.67. The van der Waals surface area contributed by atoms with Gasteiger partial charge in [0.05, 0.1) is 11.5 Å². The Morgan fingerprint density at radius 3 is 3.00 bits per heavy atom. The molecule has 0 saturated heterocycles. The summed E-state index contributed by atoms with van der Waals surface area (Å²) in [4.78, 5) is 10.1. The van der Waals surface area contributed by atoms with E-state index in [1.165, 1.54) is 12.1 Å². The van der Waals surface area contributed by atoms with E-state index in [4.69, 9.17) is 0 Å². The third-order valence-electron chi connectivity index (χ3n) is 2.64. The lowest BCUT2D eigenvalue weighted by molar-refractivity contribution is -0.386. The number of aryl methyl sites for hydroxylation is 1. The average Bonchev–Trinajstić information content (AvgIpc) is 2.83. The molecule has 19 heavy (non-hydrogen) atoms.